The van der Waals surface area contributed by atoms with Crippen LogP contribution in [0.2, 0.25) is 0 Å². The average molecular weight is 430 g/mol. The second-order valence-electron chi connectivity index (χ2n) is 4.93. The van der Waals surface area contributed by atoms with E-state index in [0.29, 0.717) is 6.42 Å². The number of aliphatic hydroxyl groups excluding tert-OH is 1. The second kappa shape index (κ2) is 8.56. The maximum atomic E-state index is 10.0. The molecule has 0 aliphatic heterocycles. The van der Waals surface area contributed by atoms with Crippen LogP contribution in [-0.4, -0.2) is 24.9 Å². The van der Waals surface area contributed by atoms with Crippen molar-refractivity contribution in [3.63, 3.8) is 0 Å². The zero-order valence-corrected chi connectivity index (χ0v) is 15.4. The Morgan fingerprint density at radius 3 is 2.32 bits per heavy atom. The number of methoxy groups -OCH3 is 1. The number of aliphatic hydroxyl groups is 1. The molecular formula is C17H18Br2O3. The first-order chi connectivity index (χ1) is 10.6. The minimum Gasteiger partial charge on any atom is -0.497 e. The van der Waals surface area contributed by atoms with Crippen molar-refractivity contribution in [1.82, 2.24) is 0 Å². The molecule has 0 bridgehead atoms. The van der Waals surface area contributed by atoms with Gasteiger partial charge in [-0.05, 0) is 86.7 Å². The molecule has 0 radical (unpaired) electrons. The highest BCUT2D eigenvalue weighted by Gasteiger charge is 2.07. The first kappa shape index (κ1) is 17.3. The first-order valence-electron chi connectivity index (χ1n) is 6.97. The predicted octanol–water partition coefficient (Wildman–Crippen LogP) is 4.59. The van der Waals surface area contributed by atoms with Gasteiger partial charge in [-0.2, -0.15) is 0 Å². The van der Waals surface area contributed by atoms with Gasteiger partial charge in [0.05, 0.1) is 13.2 Å². The number of hydrogen-bond donors (Lipinski definition) is 1. The molecule has 1 unspecified atom stereocenters. The Bertz CT molecular complexity index is 599. The first-order valence-corrected chi connectivity index (χ1v) is 8.56. The smallest absolute Gasteiger partial charge is 0.119 e. The van der Waals surface area contributed by atoms with E-state index in [1.165, 1.54) is 5.56 Å². The van der Waals surface area contributed by atoms with E-state index in [0.717, 1.165) is 26.9 Å². The van der Waals surface area contributed by atoms with E-state index in [-0.39, 0.29) is 6.61 Å². The molecule has 0 aliphatic rings. The summed E-state index contributed by atoms with van der Waals surface area (Å²) < 4.78 is 12.7. The fraction of sp³-hybridized carbons (Fsp3) is 0.294. The summed E-state index contributed by atoms with van der Waals surface area (Å²) in [5.74, 6) is 1.51. The number of benzene rings is 2. The molecule has 0 aliphatic carbocycles. The lowest BCUT2D eigenvalue weighted by Gasteiger charge is -2.13. The molecule has 22 heavy (non-hydrogen) atoms. The van der Waals surface area contributed by atoms with Crippen molar-refractivity contribution in [2.24, 2.45) is 0 Å². The summed E-state index contributed by atoms with van der Waals surface area (Å²) in [4.78, 5) is 0. The molecule has 2 aromatic carbocycles. The predicted molar refractivity (Wildman–Crippen MR) is 94.7 cm³/mol. The van der Waals surface area contributed by atoms with E-state index in [4.69, 9.17) is 9.47 Å². The molecule has 0 saturated heterocycles. The molecule has 5 heteroatoms. The lowest BCUT2D eigenvalue weighted by atomic mass is 10.1. The molecule has 0 spiro atoms. The van der Waals surface area contributed by atoms with Crippen molar-refractivity contribution in [2.75, 3.05) is 13.7 Å². The average Bonchev–Trinajstić information content (AvgIpc) is 2.54. The maximum absolute atomic E-state index is 10.0. The quantitative estimate of drug-likeness (QED) is 0.699. The molecule has 0 heterocycles. The number of rotatable bonds is 7. The summed E-state index contributed by atoms with van der Waals surface area (Å²) in [5, 5.41) is 10.0. The summed E-state index contributed by atoms with van der Waals surface area (Å²) >= 11 is 6.93. The summed E-state index contributed by atoms with van der Waals surface area (Å²) in [7, 11) is 1.63. The van der Waals surface area contributed by atoms with E-state index in [1.807, 2.05) is 36.4 Å². The van der Waals surface area contributed by atoms with E-state index < -0.39 is 6.10 Å². The minimum absolute atomic E-state index is 0.282. The van der Waals surface area contributed by atoms with Crippen molar-refractivity contribution >= 4 is 31.9 Å². The van der Waals surface area contributed by atoms with Crippen LogP contribution in [0.1, 0.15) is 12.0 Å². The van der Waals surface area contributed by atoms with Gasteiger partial charge in [-0.1, -0.05) is 6.07 Å². The largest absolute Gasteiger partial charge is 0.497 e. The van der Waals surface area contributed by atoms with Gasteiger partial charge in [0.1, 0.15) is 18.1 Å². The van der Waals surface area contributed by atoms with E-state index >= 15 is 0 Å². The van der Waals surface area contributed by atoms with Crippen LogP contribution in [0, 0.1) is 0 Å². The van der Waals surface area contributed by atoms with Gasteiger partial charge in [-0.15, -0.1) is 0 Å². The Morgan fingerprint density at radius 2 is 1.68 bits per heavy atom. The Kier molecular flexibility index (Phi) is 6.73. The van der Waals surface area contributed by atoms with Gasteiger partial charge in [0.25, 0.3) is 0 Å². The third kappa shape index (κ3) is 5.30. The maximum Gasteiger partial charge on any atom is 0.119 e. The summed E-state index contributed by atoms with van der Waals surface area (Å²) in [6, 6.07) is 13.4. The van der Waals surface area contributed by atoms with Crippen LogP contribution < -0.4 is 9.47 Å². The normalized spacial score (nSPS) is 12.0. The van der Waals surface area contributed by atoms with Gasteiger partial charge >= 0.3 is 0 Å². The topological polar surface area (TPSA) is 38.7 Å². The SMILES string of the molecule is COc1ccc(OCC(O)CCc2ccc(Br)c(Br)c2)cc1. The molecule has 1 N–H and O–H groups in total. The minimum atomic E-state index is -0.496. The summed E-state index contributed by atoms with van der Waals surface area (Å²) in [5.41, 5.74) is 1.18. The Labute approximate surface area is 147 Å². The van der Waals surface area contributed by atoms with Crippen molar-refractivity contribution in [2.45, 2.75) is 18.9 Å². The fourth-order valence-electron chi connectivity index (χ4n) is 1.98. The van der Waals surface area contributed by atoms with Crippen LogP contribution in [0.15, 0.2) is 51.4 Å². The van der Waals surface area contributed by atoms with Crippen molar-refractivity contribution in [3.8, 4) is 11.5 Å². The molecule has 0 aromatic heterocycles. The van der Waals surface area contributed by atoms with Crippen molar-refractivity contribution in [1.29, 1.82) is 0 Å². The molecular weight excluding hydrogens is 412 g/mol. The number of halogens is 2. The summed E-state index contributed by atoms with van der Waals surface area (Å²) in [6.45, 7) is 0.282. The highest BCUT2D eigenvalue weighted by atomic mass is 79.9. The van der Waals surface area contributed by atoms with Gasteiger partial charge < -0.3 is 14.6 Å². The molecule has 0 saturated carbocycles. The van der Waals surface area contributed by atoms with Gasteiger partial charge in [-0.25, -0.2) is 0 Å². The highest BCUT2D eigenvalue weighted by molar-refractivity contribution is 9.13. The van der Waals surface area contributed by atoms with E-state index in [2.05, 4.69) is 37.9 Å². The molecule has 118 valence electrons. The Balaban J connectivity index is 1.77. The zero-order chi connectivity index (χ0) is 15.9. The Morgan fingerprint density at radius 1 is 1.00 bits per heavy atom. The number of hydrogen-bond acceptors (Lipinski definition) is 3. The third-order valence-electron chi connectivity index (χ3n) is 3.25. The molecule has 1 atom stereocenters. The van der Waals surface area contributed by atoms with Crippen LogP contribution >= 0.6 is 31.9 Å². The highest BCUT2D eigenvalue weighted by Crippen LogP contribution is 2.24. The monoisotopic (exact) mass is 428 g/mol. The zero-order valence-electron chi connectivity index (χ0n) is 12.3. The molecule has 2 rings (SSSR count). The van der Waals surface area contributed by atoms with Crippen LogP contribution in [0.3, 0.4) is 0 Å². The van der Waals surface area contributed by atoms with Crippen LogP contribution in [0.4, 0.5) is 0 Å². The second-order valence-corrected chi connectivity index (χ2v) is 6.64. The lowest BCUT2D eigenvalue weighted by Crippen LogP contribution is -2.18. The van der Waals surface area contributed by atoms with Gasteiger partial charge in [0.15, 0.2) is 0 Å². The fourth-order valence-corrected chi connectivity index (χ4v) is 2.65. The third-order valence-corrected chi connectivity index (χ3v) is 5.13. The van der Waals surface area contributed by atoms with Crippen molar-refractivity contribution in [3.05, 3.63) is 57.0 Å². The van der Waals surface area contributed by atoms with Gasteiger partial charge in [0.2, 0.25) is 0 Å². The van der Waals surface area contributed by atoms with E-state index in [1.54, 1.807) is 7.11 Å². The van der Waals surface area contributed by atoms with Crippen LogP contribution in [0.25, 0.3) is 0 Å². The number of ether oxygens (including phenoxy) is 2. The van der Waals surface area contributed by atoms with Crippen molar-refractivity contribution < 1.29 is 14.6 Å². The molecule has 0 fully saturated rings. The summed E-state index contributed by atoms with van der Waals surface area (Å²) in [6.07, 6.45) is 0.966. The number of aryl methyl sites for hydroxylation is 1. The van der Waals surface area contributed by atoms with E-state index in [9.17, 15) is 5.11 Å². The molecule has 0 amide bonds. The molecule has 2 aromatic rings. The van der Waals surface area contributed by atoms with Gasteiger partial charge in [0, 0.05) is 8.95 Å². The molecule has 3 nitrogen and oxygen atoms in total. The lowest BCUT2D eigenvalue weighted by molar-refractivity contribution is 0.100. The standard InChI is InChI=1S/C17H18Br2O3/c1-21-14-5-7-15(8-6-14)22-11-13(20)4-2-12-3-9-16(18)17(19)10-12/h3,5-10,13,20H,2,4,11H2,1H3. The van der Waals surface area contributed by atoms with Gasteiger partial charge in [-0.3, -0.25) is 0 Å². The van der Waals surface area contributed by atoms with Crippen LogP contribution in [-0.2, 0) is 6.42 Å². The Hall–Kier alpha value is -1.04. The van der Waals surface area contributed by atoms with Crippen LogP contribution in [0.5, 0.6) is 11.5 Å².